The van der Waals surface area contributed by atoms with Crippen molar-refractivity contribution in [1.82, 2.24) is 5.32 Å². The molecule has 1 nitrogen and oxygen atoms in total. The Kier molecular flexibility index (Phi) is 2.70. The summed E-state index contributed by atoms with van der Waals surface area (Å²) in [6, 6.07) is 8.99. The molecule has 2 aromatic rings. The molecule has 2 atom stereocenters. The van der Waals surface area contributed by atoms with Crippen LogP contribution in [-0.2, 0) is 0 Å². The third-order valence-electron chi connectivity index (χ3n) is 3.79. The van der Waals surface area contributed by atoms with Gasteiger partial charge in [-0.1, -0.05) is 18.2 Å². The van der Waals surface area contributed by atoms with Crippen molar-refractivity contribution in [3.05, 3.63) is 35.2 Å². The zero-order chi connectivity index (χ0) is 11.0. The molecule has 2 heteroatoms. The van der Waals surface area contributed by atoms with E-state index in [0.717, 1.165) is 18.4 Å². The van der Waals surface area contributed by atoms with Crippen LogP contribution in [0.3, 0.4) is 0 Å². The standard InChI is InChI=1S/C14H17NS/c1-15-9-11-5-6-12(11)13-4-2-3-10-7-8-16-14(10)13/h2-4,7-8,11-12,15H,5-6,9H2,1H3. The van der Waals surface area contributed by atoms with Crippen molar-refractivity contribution in [3.63, 3.8) is 0 Å². The van der Waals surface area contributed by atoms with Crippen LogP contribution in [0.5, 0.6) is 0 Å². The van der Waals surface area contributed by atoms with E-state index in [0.29, 0.717) is 0 Å². The zero-order valence-electron chi connectivity index (χ0n) is 9.57. The Balaban J connectivity index is 1.96. The number of hydrogen-bond acceptors (Lipinski definition) is 2. The van der Waals surface area contributed by atoms with Crippen LogP contribution in [0, 0.1) is 5.92 Å². The quantitative estimate of drug-likeness (QED) is 0.851. The second-order valence-electron chi connectivity index (χ2n) is 4.69. The number of fused-ring (bicyclic) bond motifs is 1. The summed E-state index contributed by atoms with van der Waals surface area (Å²) in [5.74, 6) is 1.63. The van der Waals surface area contributed by atoms with Gasteiger partial charge >= 0.3 is 0 Å². The van der Waals surface area contributed by atoms with Gasteiger partial charge in [0.25, 0.3) is 0 Å². The summed E-state index contributed by atoms with van der Waals surface area (Å²) in [7, 11) is 2.06. The van der Waals surface area contributed by atoms with E-state index in [2.05, 4.69) is 42.0 Å². The van der Waals surface area contributed by atoms with E-state index < -0.39 is 0 Å². The summed E-state index contributed by atoms with van der Waals surface area (Å²) in [6.45, 7) is 1.16. The fourth-order valence-electron chi connectivity index (χ4n) is 2.79. The lowest BCUT2D eigenvalue weighted by atomic mass is 9.70. The smallest absolute Gasteiger partial charge is 0.0377 e. The number of hydrogen-bond donors (Lipinski definition) is 1. The van der Waals surface area contributed by atoms with E-state index in [1.807, 2.05) is 11.3 Å². The summed E-state index contributed by atoms with van der Waals surface area (Å²) in [5.41, 5.74) is 1.58. The molecule has 0 spiro atoms. The molecule has 0 amide bonds. The maximum atomic E-state index is 3.31. The van der Waals surface area contributed by atoms with Gasteiger partial charge in [-0.2, -0.15) is 0 Å². The molecule has 2 unspecified atom stereocenters. The summed E-state index contributed by atoms with van der Waals surface area (Å²) >= 11 is 1.89. The first kappa shape index (κ1) is 10.3. The molecule has 1 fully saturated rings. The van der Waals surface area contributed by atoms with Gasteiger partial charge in [0.1, 0.15) is 0 Å². The second-order valence-corrected chi connectivity index (χ2v) is 5.60. The van der Waals surface area contributed by atoms with Gasteiger partial charge in [-0.15, -0.1) is 11.3 Å². The molecule has 0 bridgehead atoms. The van der Waals surface area contributed by atoms with Gasteiger partial charge in [0, 0.05) is 4.70 Å². The average molecular weight is 231 g/mol. The third kappa shape index (κ3) is 1.57. The highest BCUT2D eigenvalue weighted by atomic mass is 32.1. The Morgan fingerprint density at radius 3 is 3.00 bits per heavy atom. The van der Waals surface area contributed by atoms with Crippen molar-refractivity contribution < 1.29 is 0 Å². The first-order chi connectivity index (χ1) is 7.90. The first-order valence-corrected chi connectivity index (χ1v) is 6.89. The summed E-state index contributed by atoms with van der Waals surface area (Å²) < 4.78 is 1.51. The molecule has 1 aromatic carbocycles. The molecule has 84 valence electrons. The van der Waals surface area contributed by atoms with Crippen molar-refractivity contribution in [2.24, 2.45) is 5.92 Å². The fraction of sp³-hybridized carbons (Fsp3) is 0.429. The highest BCUT2D eigenvalue weighted by Crippen LogP contribution is 2.45. The second kappa shape index (κ2) is 4.19. The Morgan fingerprint density at radius 1 is 1.31 bits per heavy atom. The number of thiophene rings is 1. The molecule has 1 saturated carbocycles. The van der Waals surface area contributed by atoms with Gasteiger partial charge in [0.15, 0.2) is 0 Å². The Labute approximate surface area is 100 Å². The normalized spacial score (nSPS) is 24.6. The van der Waals surface area contributed by atoms with E-state index in [1.165, 1.54) is 22.9 Å². The van der Waals surface area contributed by atoms with Crippen molar-refractivity contribution in [1.29, 1.82) is 0 Å². The molecule has 0 radical (unpaired) electrons. The van der Waals surface area contributed by atoms with E-state index >= 15 is 0 Å². The minimum absolute atomic E-state index is 0.787. The molecule has 0 aliphatic heterocycles. The van der Waals surface area contributed by atoms with Gasteiger partial charge < -0.3 is 5.32 Å². The molecule has 1 N–H and O–H groups in total. The van der Waals surface area contributed by atoms with Crippen LogP contribution >= 0.6 is 11.3 Å². The topological polar surface area (TPSA) is 12.0 Å². The molecule has 1 aliphatic rings. The number of rotatable bonds is 3. The van der Waals surface area contributed by atoms with Gasteiger partial charge in [0.2, 0.25) is 0 Å². The Morgan fingerprint density at radius 2 is 2.25 bits per heavy atom. The van der Waals surface area contributed by atoms with Gasteiger partial charge in [0.05, 0.1) is 0 Å². The maximum absolute atomic E-state index is 3.31. The van der Waals surface area contributed by atoms with Crippen molar-refractivity contribution in [3.8, 4) is 0 Å². The molecular formula is C14H17NS. The minimum atomic E-state index is 0.787. The molecule has 1 aromatic heterocycles. The first-order valence-electron chi connectivity index (χ1n) is 6.01. The Hall–Kier alpha value is -0.860. The molecule has 0 saturated heterocycles. The van der Waals surface area contributed by atoms with Crippen molar-refractivity contribution in [2.45, 2.75) is 18.8 Å². The summed E-state index contributed by atoms with van der Waals surface area (Å²) in [4.78, 5) is 0. The van der Waals surface area contributed by atoms with Crippen molar-refractivity contribution in [2.75, 3.05) is 13.6 Å². The van der Waals surface area contributed by atoms with Crippen molar-refractivity contribution >= 4 is 21.4 Å². The van der Waals surface area contributed by atoms with E-state index in [-0.39, 0.29) is 0 Å². The van der Waals surface area contributed by atoms with E-state index in [1.54, 1.807) is 5.56 Å². The van der Waals surface area contributed by atoms with Gasteiger partial charge in [-0.3, -0.25) is 0 Å². The molecule has 1 heterocycles. The fourth-order valence-corrected chi connectivity index (χ4v) is 3.77. The minimum Gasteiger partial charge on any atom is -0.319 e. The van der Waals surface area contributed by atoms with E-state index in [4.69, 9.17) is 0 Å². The highest BCUT2D eigenvalue weighted by molar-refractivity contribution is 7.17. The van der Waals surface area contributed by atoms with Crippen LogP contribution in [-0.4, -0.2) is 13.6 Å². The molecular weight excluding hydrogens is 214 g/mol. The third-order valence-corrected chi connectivity index (χ3v) is 4.77. The maximum Gasteiger partial charge on any atom is 0.0377 e. The Bertz CT molecular complexity index is 488. The van der Waals surface area contributed by atoms with Crippen LogP contribution in [0.1, 0.15) is 24.3 Å². The lowest BCUT2D eigenvalue weighted by Gasteiger charge is -2.37. The molecule has 16 heavy (non-hydrogen) atoms. The van der Waals surface area contributed by atoms with Crippen LogP contribution in [0.2, 0.25) is 0 Å². The monoisotopic (exact) mass is 231 g/mol. The molecule has 3 rings (SSSR count). The average Bonchev–Trinajstić information content (AvgIpc) is 2.73. The predicted octanol–water partition coefficient (Wildman–Crippen LogP) is 3.61. The predicted molar refractivity (Wildman–Crippen MR) is 71.2 cm³/mol. The largest absolute Gasteiger partial charge is 0.319 e. The van der Waals surface area contributed by atoms with Gasteiger partial charge in [-0.05, 0) is 60.7 Å². The highest BCUT2D eigenvalue weighted by Gasteiger charge is 2.32. The van der Waals surface area contributed by atoms with E-state index in [9.17, 15) is 0 Å². The van der Waals surface area contributed by atoms with Gasteiger partial charge in [-0.25, -0.2) is 0 Å². The summed E-state index contributed by atoms with van der Waals surface area (Å²) in [5, 5.41) is 6.94. The van der Waals surface area contributed by atoms with Crippen LogP contribution in [0.4, 0.5) is 0 Å². The number of nitrogens with one attached hydrogen (secondary N) is 1. The number of benzene rings is 1. The van der Waals surface area contributed by atoms with Crippen LogP contribution in [0.25, 0.3) is 10.1 Å². The SMILES string of the molecule is CNCC1CCC1c1cccc2ccsc12. The van der Waals surface area contributed by atoms with Crippen LogP contribution < -0.4 is 5.32 Å². The lowest BCUT2D eigenvalue weighted by Crippen LogP contribution is -2.32. The van der Waals surface area contributed by atoms with Crippen LogP contribution in [0.15, 0.2) is 29.6 Å². The lowest BCUT2D eigenvalue weighted by molar-refractivity contribution is 0.252. The molecule has 1 aliphatic carbocycles. The zero-order valence-corrected chi connectivity index (χ0v) is 10.4. The summed E-state index contributed by atoms with van der Waals surface area (Å²) in [6.07, 6.45) is 2.75.